The van der Waals surface area contributed by atoms with Gasteiger partial charge in [-0.15, -0.1) is 0 Å². The monoisotopic (exact) mass is 383 g/mol. The first kappa shape index (κ1) is 19.5. The van der Waals surface area contributed by atoms with Gasteiger partial charge in [-0.3, -0.25) is 9.59 Å². The first-order valence-corrected chi connectivity index (χ1v) is 8.82. The van der Waals surface area contributed by atoms with E-state index < -0.39 is 12.3 Å². The van der Waals surface area contributed by atoms with Crippen LogP contribution < -0.4 is 5.73 Å². The van der Waals surface area contributed by atoms with Crippen molar-refractivity contribution in [2.75, 3.05) is 13.6 Å². The number of rotatable bonds is 3. The van der Waals surface area contributed by atoms with Crippen molar-refractivity contribution in [2.24, 2.45) is 11.7 Å². The van der Waals surface area contributed by atoms with Crippen molar-refractivity contribution in [1.29, 1.82) is 0 Å². The maximum absolute atomic E-state index is 13.1. The number of pyridine rings is 1. The molecule has 144 valence electrons. The van der Waals surface area contributed by atoms with Crippen LogP contribution in [0.5, 0.6) is 0 Å². The number of likely N-dealkylation sites (tertiary alicyclic amines) is 1. The molecule has 1 aliphatic rings. The summed E-state index contributed by atoms with van der Waals surface area (Å²) in [5, 5.41) is 0. The first-order chi connectivity index (χ1) is 13.3. The van der Waals surface area contributed by atoms with Gasteiger partial charge in [0.15, 0.2) is 0 Å². The van der Waals surface area contributed by atoms with Gasteiger partial charge >= 0.3 is 0 Å². The number of benzene rings is 1. The highest BCUT2D eigenvalue weighted by molar-refractivity contribution is 5.91. The Labute approximate surface area is 161 Å². The van der Waals surface area contributed by atoms with Crippen LogP contribution in [0.4, 0.5) is 8.78 Å². The van der Waals surface area contributed by atoms with Crippen LogP contribution >= 0.6 is 0 Å². The van der Waals surface area contributed by atoms with Gasteiger partial charge in [0.25, 0.3) is 12.3 Å². The van der Waals surface area contributed by atoms with Gasteiger partial charge in [-0.05, 0) is 37.1 Å². The molecule has 0 bridgehead atoms. The smallest absolute Gasteiger partial charge is 0.267 e. The summed E-state index contributed by atoms with van der Waals surface area (Å²) >= 11 is 0. The molecule has 0 radical (unpaired) electrons. The van der Waals surface area contributed by atoms with E-state index in [1.807, 2.05) is 0 Å². The Morgan fingerprint density at radius 3 is 2.82 bits per heavy atom. The van der Waals surface area contributed by atoms with Crippen LogP contribution in [0.1, 0.15) is 40.9 Å². The molecule has 1 unspecified atom stereocenters. The van der Waals surface area contributed by atoms with Gasteiger partial charge in [0.05, 0.1) is 11.6 Å². The molecular formula is C21H19F2N3O2. The molecule has 1 fully saturated rings. The Bertz CT molecular complexity index is 979. The summed E-state index contributed by atoms with van der Waals surface area (Å²) in [5.74, 6) is 4.77. The molecule has 1 saturated heterocycles. The molecule has 1 atom stereocenters. The summed E-state index contributed by atoms with van der Waals surface area (Å²) in [7, 11) is 1.76. The Hall–Kier alpha value is -3.27. The minimum absolute atomic E-state index is 0.00676. The molecule has 28 heavy (non-hydrogen) atoms. The van der Waals surface area contributed by atoms with Crippen molar-refractivity contribution in [3.05, 3.63) is 53.2 Å². The van der Waals surface area contributed by atoms with Crippen molar-refractivity contribution in [3.63, 3.8) is 0 Å². The SMILES string of the molecule is CN1CCCC(C#Cc2cccc(-c3cc(C(F)F)cc(C(N)=O)n3)c2)C1=O. The fourth-order valence-corrected chi connectivity index (χ4v) is 3.04. The molecule has 2 amide bonds. The zero-order chi connectivity index (χ0) is 20.3. The quantitative estimate of drug-likeness (QED) is 0.828. The van der Waals surface area contributed by atoms with E-state index in [1.54, 1.807) is 36.2 Å². The van der Waals surface area contributed by atoms with Crippen LogP contribution in [-0.2, 0) is 4.79 Å². The number of amides is 2. The van der Waals surface area contributed by atoms with E-state index in [1.165, 1.54) is 6.07 Å². The zero-order valence-electron chi connectivity index (χ0n) is 15.3. The fraction of sp³-hybridized carbons (Fsp3) is 0.286. The molecule has 2 aromatic rings. The van der Waals surface area contributed by atoms with E-state index in [2.05, 4.69) is 16.8 Å². The van der Waals surface area contributed by atoms with E-state index in [4.69, 9.17) is 5.73 Å². The van der Waals surface area contributed by atoms with Crippen molar-refractivity contribution < 1.29 is 18.4 Å². The minimum atomic E-state index is -2.75. The van der Waals surface area contributed by atoms with E-state index >= 15 is 0 Å². The maximum Gasteiger partial charge on any atom is 0.267 e. The number of carbonyl (C=O) groups excluding carboxylic acids is 2. The van der Waals surface area contributed by atoms with Gasteiger partial charge in [0.1, 0.15) is 5.69 Å². The Morgan fingerprint density at radius 1 is 1.32 bits per heavy atom. The molecule has 0 aliphatic carbocycles. The molecule has 2 heterocycles. The largest absolute Gasteiger partial charge is 0.364 e. The van der Waals surface area contributed by atoms with Crippen LogP contribution in [0.15, 0.2) is 36.4 Å². The summed E-state index contributed by atoms with van der Waals surface area (Å²) in [4.78, 5) is 29.3. The average molecular weight is 383 g/mol. The molecule has 3 rings (SSSR count). The highest BCUT2D eigenvalue weighted by Crippen LogP contribution is 2.26. The third-order valence-corrected chi connectivity index (χ3v) is 4.56. The van der Waals surface area contributed by atoms with Gasteiger partial charge in [0, 0.05) is 30.3 Å². The normalized spacial score (nSPS) is 16.6. The standard InChI is InChI=1S/C21H19F2N3O2/c1-26-9-3-6-14(21(26)28)8-7-13-4-2-5-15(10-13)17-11-16(19(22)23)12-18(25-17)20(24)27/h2,4-5,10-12,14,19H,3,6,9H2,1H3,(H2,24,27). The van der Waals surface area contributed by atoms with Gasteiger partial charge in [-0.2, -0.15) is 0 Å². The lowest BCUT2D eigenvalue weighted by Gasteiger charge is -2.26. The second kappa shape index (κ2) is 8.17. The predicted octanol–water partition coefficient (Wildman–Crippen LogP) is 3.01. The molecule has 5 nitrogen and oxygen atoms in total. The number of halogens is 2. The van der Waals surface area contributed by atoms with Crippen molar-refractivity contribution >= 4 is 11.8 Å². The van der Waals surface area contributed by atoms with Gasteiger partial charge in [-0.1, -0.05) is 24.0 Å². The highest BCUT2D eigenvalue weighted by atomic mass is 19.3. The number of aromatic nitrogens is 1. The molecule has 0 spiro atoms. The number of nitrogens with zero attached hydrogens (tertiary/aromatic N) is 2. The first-order valence-electron chi connectivity index (χ1n) is 8.82. The summed E-state index contributed by atoms with van der Waals surface area (Å²) in [6.07, 6.45) is -1.13. The van der Waals surface area contributed by atoms with Gasteiger partial charge < -0.3 is 10.6 Å². The van der Waals surface area contributed by atoms with Crippen molar-refractivity contribution in [1.82, 2.24) is 9.88 Å². The minimum Gasteiger partial charge on any atom is -0.364 e. The second-order valence-corrected chi connectivity index (χ2v) is 6.64. The topological polar surface area (TPSA) is 76.3 Å². The number of primary amides is 1. The van der Waals surface area contributed by atoms with Crippen molar-refractivity contribution in [3.8, 4) is 23.1 Å². The summed E-state index contributed by atoms with van der Waals surface area (Å²) in [5.41, 5.74) is 6.03. The number of alkyl halides is 2. The summed E-state index contributed by atoms with van der Waals surface area (Å²) < 4.78 is 26.3. The van der Waals surface area contributed by atoms with Gasteiger partial charge in [-0.25, -0.2) is 13.8 Å². The lowest BCUT2D eigenvalue weighted by Crippen LogP contribution is -2.37. The molecule has 1 aromatic heterocycles. The Morgan fingerprint density at radius 2 is 2.11 bits per heavy atom. The second-order valence-electron chi connectivity index (χ2n) is 6.64. The van der Waals surface area contributed by atoms with Crippen LogP contribution in [0.2, 0.25) is 0 Å². The van der Waals surface area contributed by atoms with Crippen LogP contribution in [0.25, 0.3) is 11.3 Å². The van der Waals surface area contributed by atoms with Crippen molar-refractivity contribution in [2.45, 2.75) is 19.3 Å². The summed E-state index contributed by atoms with van der Waals surface area (Å²) in [6.45, 7) is 0.737. The van der Waals surface area contributed by atoms with E-state index in [0.717, 1.165) is 25.5 Å². The molecule has 7 heteroatoms. The van der Waals surface area contributed by atoms with Crippen LogP contribution in [0, 0.1) is 17.8 Å². The number of nitrogens with two attached hydrogens (primary N) is 1. The molecule has 2 N–H and O–H groups in total. The van der Waals surface area contributed by atoms with E-state index in [9.17, 15) is 18.4 Å². The maximum atomic E-state index is 13.1. The number of piperidine rings is 1. The molecule has 1 aromatic carbocycles. The fourth-order valence-electron chi connectivity index (χ4n) is 3.04. The Kier molecular flexibility index (Phi) is 5.69. The third-order valence-electron chi connectivity index (χ3n) is 4.56. The van der Waals surface area contributed by atoms with Crippen LogP contribution in [-0.4, -0.2) is 35.3 Å². The lowest BCUT2D eigenvalue weighted by molar-refractivity contribution is -0.134. The average Bonchev–Trinajstić information content (AvgIpc) is 2.69. The van der Waals surface area contributed by atoms with E-state index in [-0.39, 0.29) is 28.8 Å². The predicted molar refractivity (Wildman–Crippen MR) is 100 cm³/mol. The zero-order valence-corrected chi connectivity index (χ0v) is 15.3. The molecule has 1 aliphatic heterocycles. The third kappa shape index (κ3) is 4.34. The number of hydrogen-bond acceptors (Lipinski definition) is 3. The Balaban J connectivity index is 1.93. The molecule has 0 saturated carbocycles. The summed E-state index contributed by atoms with van der Waals surface area (Å²) in [6, 6.07) is 9.07. The highest BCUT2D eigenvalue weighted by Gasteiger charge is 2.24. The lowest BCUT2D eigenvalue weighted by atomic mass is 9.97. The number of hydrogen-bond donors (Lipinski definition) is 1. The number of carbonyl (C=O) groups is 2. The van der Waals surface area contributed by atoms with E-state index in [0.29, 0.717) is 11.1 Å². The van der Waals surface area contributed by atoms with Crippen LogP contribution in [0.3, 0.4) is 0 Å². The van der Waals surface area contributed by atoms with Gasteiger partial charge in [0.2, 0.25) is 5.91 Å². The molecular weight excluding hydrogens is 364 g/mol.